The normalized spacial score (nSPS) is 17.5. The fourth-order valence-electron chi connectivity index (χ4n) is 3.46. The number of carbonyl (C=O) groups is 2. The molecule has 0 aromatic heterocycles. The van der Waals surface area contributed by atoms with Crippen LogP contribution >= 0.6 is 0 Å². The molecule has 0 radical (unpaired) electrons. The number of halogens is 5. The number of rotatable bonds is 6. The Kier molecular flexibility index (Phi) is 7.52. The Hall–Kier alpha value is -3.21. The molecule has 6 nitrogen and oxygen atoms in total. The summed E-state index contributed by atoms with van der Waals surface area (Å²) in [4.78, 5) is 25.8. The van der Waals surface area contributed by atoms with Crippen LogP contribution in [0.1, 0.15) is 22.8 Å². The molecule has 1 aliphatic heterocycles. The third kappa shape index (κ3) is 6.41. The summed E-state index contributed by atoms with van der Waals surface area (Å²) in [5.41, 5.74) is 5.44. The smallest absolute Gasteiger partial charge is 0.370 e. The van der Waals surface area contributed by atoms with Gasteiger partial charge in [0.15, 0.2) is 11.6 Å². The second-order valence-corrected chi connectivity index (χ2v) is 7.66. The fourth-order valence-corrected chi connectivity index (χ4v) is 3.46. The van der Waals surface area contributed by atoms with E-state index in [0.29, 0.717) is 11.1 Å². The molecule has 0 saturated carbocycles. The molecule has 0 spiro atoms. The highest BCUT2D eigenvalue weighted by molar-refractivity contribution is 5.79. The van der Waals surface area contributed by atoms with E-state index in [1.54, 1.807) is 0 Å². The van der Waals surface area contributed by atoms with Gasteiger partial charge in [0.25, 0.3) is 0 Å². The van der Waals surface area contributed by atoms with Crippen LogP contribution in [0.2, 0.25) is 0 Å². The summed E-state index contributed by atoms with van der Waals surface area (Å²) in [5.74, 6) is -3.56. The van der Waals surface area contributed by atoms with Gasteiger partial charge >= 0.3 is 12.2 Å². The second kappa shape index (κ2) is 10.2. The van der Waals surface area contributed by atoms with Gasteiger partial charge in [-0.05, 0) is 41.8 Å². The molecule has 2 unspecified atom stereocenters. The van der Waals surface area contributed by atoms with Crippen molar-refractivity contribution in [2.45, 2.75) is 18.7 Å². The highest BCUT2D eigenvalue weighted by atomic mass is 19.4. The molecule has 1 fully saturated rings. The maximum Gasteiger partial charge on any atom is 0.416 e. The van der Waals surface area contributed by atoms with E-state index in [1.807, 2.05) is 0 Å². The van der Waals surface area contributed by atoms with Crippen molar-refractivity contribution in [3.05, 3.63) is 70.8 Å². The van der Waals surface area contributed by atoms with E-state index in [0.717, 1.165) is 24.3 Å². The lowest BCUT2D eigenvalue weighted by Gasteiger charge is -2.33. The highest BCUT2D eigenvalue weighted by Crippen LogP contribution is 2.29. The molecule has 33 heavy (non-hydrogen) atoms. The summed E-state index contributed by atoms with van der Waals surface area (Å²) in [6.07, 6.45) is -5.07. The molecule has 1 aliphatic rings. The highest BCUT2D eigenvalue weighted by Gasteiger charge is 2.30. The molecule has 11 heteroatoms. The first-order valence-electron chi connectivity index (χ1n) is 10.1. The van der Waals surface area contributed by atoms with E-state index in [1.165, 1.54) is 23.1 Å². The Morgan fingerprint density at radius 1 is 1.12 bits per heavy atom. The summed E-state index contributed by atoms with van der Waals surface area (Å²) in [6, 6.07) is 7.20. The predicted molar refractivity (Wildman–Crippen MR) is 108 cm³/mol. The molecule has 2 aromatic carbocycles. The van der Waals surface area contributed by atoms with Gasteiger partial charge < -0.3 is 20.7 Å². The Balaban J connectivity index is 1.58. The van der Waals surface area contributed by atoms with Crippen LogP contribution in [0.5, 0.6) is 0 Å². The van der Waals surface area contributed by atoms with Gasteiger partial charge in [-0.2, -0.15) is 13.2 Å². The van der Waals surface area contributed by atoms with Crippen LogP contribution in [0.15, 0.2) is 42.5 Å². The lowest BCUT2D eigenvalue weighted by molar-refractivity contribution is -0.137. The number of benzene rings is 2. The van der Waals surface area contributed by atoms with E-state index in [-0.39, 0.29) is 32.7 Å². The number of carbonyl (C=O) groups excluding carboxylic acids is 2. The van der Waals surface area contributed by atoms with Crippen molar-refractivity contribution in [3.8, 4) is 0 Å². The van der Waals surface area contributed by atoms with E-state index in [2.05, 4.69) is 5.32 Å². The first kappa shape index (κ1) is 24.4. The number of nitrogens with zero attached hydrogens (tertiary/aromatic N) is 1. The molecule has 1 saturated heterocycles. The van der Waals surface area contributed by atoms with Crippen LogP contribution in [-0.2, 0) is 22.1 Å². The number of hydrogen-bond donors (Lipinski definition) is 2. The fraction of sp³-hybridized carbons (Fsp3) is 0.364. The number of urea groups is 1. The van der Waals surface area contributed by atoms with Crippen LogP contribution in [0.4, 0.5) is 26.7 Å². The van der Waals surface area contributed by atoms with Gasteiger partial charge in [-0.25, -0.2) is 13.6 Å². The average molecular weight is 471 g/mol. The summed E-state index contributed by atoms with van der Waals surface area (Å²) >= 11 is 0. The molecular formula is C22H22F5N3O3. The monoisotopic (exact) mass is 471 g/mol. The minimum Gasteiger partial charge on any atom is -0.370 e. The van der Waals surface area contributed by atoms with Crippen LogP contribution in [0, 0.1) is 17.6 Å². The van der Waals surface area contributed by atoms with Gasteiger partial charge in [0.1, 0.15) is 6.10 Å². The van der Waals surface area contributed by atoms with Crippen molar-refractivity contribution in [2.75, 3.05) is 26.2 Å². The maximum atomic E-state index is 13.5. The predicted octanol–water partition coefficient (Wildman–Crippen LogP) is 3.41. The first-order valence-corrected chi connectivity index (χ1v) is 10.1. The van der Waals surface area contributed by atoms with Crippen molar-refractivity contribution in [1.82, 2.24) is 10.2 Å². The quantitative estimate of drug-likeness (QED) is 0.634. The topological polar surface area (TPSA) is 84.7 Å². The summed E-state index contributed by atoms with van der Waals surface area (Å²) in [7, 11) is 0. The maximum absolute atomic E-state index is 13.5. The minimum atomic E-state index is -4.47. The summed E-state index contributed by atoms with van der Waals surface area (Å²) < 4.78 is 70.3. The van der Waals surface area contributed by atoms with Gasteiger partial charge in [-0.15, -0.1) is 0 Å². The van der Waals surface area contributed by atoms with Crippen molar-refractivity contribution in [2.24, 2.45) is 11.7 Å². The van der Waals surface area contributed by atoms with Gasteiger partial charge in [0.2, 0.25) is 5.91 Å². The number of nitrogens with two attached hydrogens (primary N) is 1. The standard InChI is InChI=1S/C22H22F5N3O3/c23-17-6-3-14(10-18(17)24)19-12-30(7-8-33-19)21(32)29-11-15(20(28)31)9-13-1-4-16(5-2-13)22(25,26)27/h1-6,10,15,19H,7-9,11-12H2,(H2,28,31)(H,29,32). The molecule has 0 aliphatic carbocycles. The van der Waals surface area contributed by atoms with Crippen molar-refractivity contribution in [3.63, 3.8) is 0 Å². The summed E-state index contributed by atoms with van der Waals surface area (Å²) in [5, 5.41) is 2.60. The molecule has 178 valence electrons. The zero-order chi connectivity index (χ0) is 24.2. The molecule has 2 atom stereocenters. The number of hydrogen-bond acceptors (Lipinski definition) is 3. The number of primary amides is 1. The number of ether oxygens (including phenoxy) is 1. The lowest BCUT2D eigenvalue weighted by atomic mass is 9.97. The first-order chi connectivity index (χ1) is 15.5. The van der Waals surface area contributed by atoms with Gasteiger partial charge in [-0.1, -0.05) is 18.2 Å². The van der Waals surface area contributed by atoms with E-state index < -0.39 is 47.3 Å². The molecule has 2 aromatic rings. The van der Waals surface area contributed by atoms with Crippen LogP contribution < -0.4 is 11.1 Å². The molecule has 3 amide bonds. The van der Waals surface area contributed by atoms with E-state index in [4.69, 9.17) is 10.5 Å². The van der Waals surface area contributed by atoms with Gasteiger partial charge in [0.05, 0.1) is 24.6 Å². The number of alkyl halides is 3. The molecular weight excluding hydrogens is 449 g/mol. The van der Waals surface area contributed by atoms with Crippen LogP contribution in [0.25, 0.3) is 0 Å². The zero-order valence-electron chi connectivity index (χ0n) is 17.4. The molecule has 3 rings (SSSR count). The molecule has 1 heterocycles. The molecule has 3 N–H and O–H groups in total. The van der Waals surface area contributed by atoms with Crippen LogP contribution in [0.3, 0.4) is 0 Å². The van der Waals surface area contributed by atoms with E-state index in [9.17, 15) is 31.5 Å². The summed E-state index contributed by atoms with van der Waals surface area (Å²) in [6.45, 7) is 0.369. The minimum absolute atomic E-state index is 0.0499. The van der Waals surface area contributed by atoms with Crippen molar-refractivity contribution < 1.29 is 36.3 Å². The Labute approximate surface area is 186 Å². The zero-order valence-corrected chi connectivity index (χ0v) is 17.4. The van der Waals surface area contributed by atoms with Gasteiger partial charge in [-0.3, -0.25) is 4.79 Å². The Morgan fingerprint density at radius 3 is 2.42 bits per heavy atom. The largest absolute Gasteiger partial charge is 0.416 e. The number of nitrogens with one attached hydrogen (secondary N) is 1. The molecule has 0 bridgehead atoms. The van der Waals surface area contributed by atoms with E-state index >= 15 is 0 Å². The third-order valence-corrected chi connectivity index (χ3v) is 5.33. The second-order valence-electron chi connectivity index (χ2n) is 7.66. The van der Waals surface area contributed by atoms with Crippen molar-refractivity contribution >= 4 is 11.9 Å². The van der Waals surface area contributed by atoms with Gasteiger partial charge in [0, 0.05) is 13.1 Å². The SMILES string of the molecule is NC(=O)C(CNC(=O)N1CCOC(c2ccc(F)c(F)c2)C1)Cc1ccc(C(F)(F)F)cc1. The number of amides is 3. The number of morpholine rings is 1. The Morgan fingerprint density at radius 2 is 1.82 bits per heavy atom. The van der Waals surface area contributed by atoms with Crippen LogP contribution in [-0.4, -0.2) is 43.1 Å². The lowest BCUT2D eigenvalue weighted by Crippen LogP contribution is -2.49. The average Bonchev–Trinajstić information content (AvgIpc) is 2.78. The third-order valence-electron chi connectivity index (χ3n) is 5.33. The van der Waals surface area contributed by atoms with Crippen molar-refractivity contribution in [1.29, 1.82) is 0 Å². The Bertz CT molecular complexity index is 998.